The Morgan fingerprint density at radius 1 is 1.03 bits per heavy atom. The Morgan fingerprint density at radius 3 is 2.60 bits per heavy atom. The molecule has 0 aliphatic heterocycles. The summed E-state index contributed by atoms with van der Waals surface area (Å²) in [5, 5.41) is 7.05. The fourth-order valence-corrected chi connectivity index (χ4v) is 3.67. The second-order valence-electron chi connectivity index (χ2n) is 7.83. The van der Waals surface area contributed by atoms with Crippen molar-refractivity contribution in [2.75, 3.05) is 20.2 Å². The van der Waals surface area contributed by atoms with Gasteiger partial charge >= 0.3 is 0 Å². The van der Waals surface area contributed by atoms with Crippen LogP contribution in [0.5, 0.6) is 5.75 Å². The van der Waals surface area contributed by atoms with Gasteiger partial charge in [0, 0.05) is 50.1 Å². The van der Waals surface area contributed by atoms with Gasteiger partial charge in [-0.15, -0.1) is 0 Å². The number of rotatable bonds is 14. The molecular weight excluding hydrogens is 378 g/mol. The van der Waals surface area contributed by atoms with Crippen LogP contribution in [0, 0.1) is 0 Å². The number of carbonyl (C=O) groups is 2. The highest BCUT2D eigenvalue weighted by atomic mass is 16.5. The third-order valence-electron chi connectivity index (χ3n) is 5.34. The first-order chi connectivity index (χ1) is 14.5. The molecule has 2 N–H and O–H groups in total. The fourth-order valence-electron chi connectivity index (χ4n) is 3.67. The van der Waals surface area contributed by atoms with Crippen molar-refractivity contribution in [3.8, 4) is 5.75 Å². The summed E-state index contributed by atoms with van der Waals surface area (Å²) in [4.78, 5) is 23.2. The first kappa shape index (κ1) is 23.8. The van der Waals surface area contributed by atoms with Gasteiger partial charge in [0.2, 0.25) is 11.8 Å². The van der Waals surface area contributed by atoms with E-state index >= 15 is 0 Å². The first-order valence-corrected chi connectivity index (χ1v) is 11.2. The zero-order valence-electron chi connectivity index (χ0n) is 18.8. The van der Waals surface area contributed by atoms with Crippen LogP contribution in [0.1, 0.15) is 64.4 Å². The summed E-state index contributed by atoms with van der Waals surface area (Å²) < 4.78 is 7.63. The summed E-state index contributed by atoms with van der Waals surface area (Å²) in [5.41, 5.74) is 2.36. The summed E-state index contributed by atoms with van der Waals surface area (Å²) in [6, 6.07) is 6.11. The quantitative estimate of drug-likeness (QED) is 0.454. The number of carbonyl (C=O) groups excluding carboxylic acids is 2. The number of unbranched alkanes of at least 4 members (excludes halogenated alkanes) is 4. The third kappa shape index (κ3) is 7.73. The van der Waals surface area contributed by atoms with E-state index in [2.05, 4.69) is 40.5 Å². The monoisotopic (exact) mass is 415 g/mol. The number of ether oxygens (including phenoxy) is 1. The lowest BCUT2D eigenvalue weighted by molar-refractivity contribution is -0.121. The van der Waals surface area contributed by atoms with E-state index in [4.69, 9.17) is 4.74 Å². The summed E-state index contributed by atoms with van der Waals surface area (Å²) in [7, 11) is 1.67. The Bertz CT molecular complexity index is 813. The molecule has 0 saturated carbocycles. The van der Waals surface area contributed by atoms with E-state index in [1.54, 1.807) is 7.11 Å². The lowest BCUT2D eigenvalue weighted by Gasteiger charge is -2.07. The molecule has 2 aromatic rings. The Labute approximate surface area is 180 Å². The van der Waals surface area contributed by atoms with E-state index in [0.717, 1.165) is 55.4 Å². The molecule has 1 aromatic heterocycles. The Hall–Kier alpha value is -2.50. The van der Waals surface area contributed by atoms with E-state index in [1.165, 1.54) is 31.7 Å². The van der Waals surface area contributed by atoms with Gasteiger partial charge < -0.3 is 19.9 Å². The zero-order chi connectivity index (χ0) is 21.8. The van der Waals surface area contributed by atoms with Crippen molar-refractivity contribution in [1.82, 2.24) is 15.2 Å². The molecule has 6 heteroatoms. The number of amides is 2. The van der Waals surface area contributed by atoms with Crippen molar-refractivity contribution in [3.63, 3.8) is 0 Å². The van der Waals surface area contributed by atoms with Crippen molar-refractivity contribution >= 4 is 22.7 Å². The Morgan fingerprint density at radius 2 is 1.87 bits per heavy atom. The van der Waals surface area contributed by atoms with Gasteiger partial charge in [-0.25, -0.2) is 0 Å². The van der Waals surface area contributed by atoms with Crippen molar-refractivity contribution < 1.29 is 14.3 Å². The molecule has 0 spiro atoms. The predicted octanol–water partition coefficient (Wildman–Crippen LogP) is 4.20. The second kappa shape index (κ2) is 12.9. The van der Waals surface area contributed by atoms with Crippen LogP contribution in [0.2, 0.25) is 0 Å². The molecule has 6 nitrogen and oxygen atoms in total. The number of aryl methyl sites for hydroxylation is 1. The summed E-state index contributed by atoms with van der Waals surface area (Å²) in [6.07, 6.45) is 10.0. The molecule has 1 aromatic carbocycles. The largest absolute Gasteiger partial charge is 0.497 e. The van der Waals surface area contributed by atoms with Crippen molar-refractivity contribution in [1.29, 1.82) is 0 Å². The van der Waals surface area contributed by atoms with E-state index in [9.17, 15) is 9.59 Å². The minimum Gasteiger partial charge on any atom is -0.497 e. The standard InChI is InChI=1S/C24H37N3O3/c1-4-5-6-8-14-26-24(29)10-7-9-16-27-18-20(13-15-25-19(2)28)22-17-21(30-3)11-12-23(22)27/h11-12,17-18H,4-10,13-16H2,1-3H3,(H,25,28)(H,26,29). The molecular formula is C24H37N3O3. The first-order valence-electron chi connectivity index (χ1n) is 11.2. The van der Waals surface area contributed by atoms with E-state index in [-0.39, 0.29) is 11.8 Å². The lowest BCUT2D eigenvalue weighted by Crippen LogP contribution is -2.24. The minimum absolute atomic E-state index is 0.0139. The van der Waals surface area contributed by atoms with Gasteiger partial charge in [0.25, 0.3) is 0 Å². The normalized spacial score (nSPS) is 10.9. The topological polar surface area (TPSA) is 72.4 Å². The fraction of sp³-hybridized carbons (Fsp3) is 0.583. The summed E-state index contributed by atoms with van der Waals surface area (Å²) in [5.74, 6) is 0.973. The van der Waals surface area contributed by atoms with Gasteiger partial charge in [0.05, 0.1) is 7.11 Å². The van der Waals surface area contributed by atoms with Crippen LogP contribution in [0.4, 0.5) is 0 Å². The molecule has 0 bridgehead atoms. The van der Waals surface area contributed by atoms with Crippen molar-refractivity contribution in [2.24, 2.45) is 0 Å². The lowest BCUT2D eigenvalue weighted by atomic mass is 10.1. The molecule has 0 saturated heterocycles. The molecule has 0 atom stereocenters. The van der Waals surface area contributed by atoms with E-state index in [1.807, 2.05) is 6.07 Å². The van der Waals surface area contributed by atoms with Crippen molar-refractivity contribution in [2.45, 2.75) is 71.8 Å². The third-order valence-corrected chi connectivity index (χ3v) is 5.34. The highest BCUT2D eigenvalue weighted by Gasteiger charge is 2.10. The highest BCUT2D eigenvalue weighted by Crippen LogP contribution is 2.27. The summed E-state index contributed by atoms with van der Waals surface area (Å²) in [6.45, 7) is 6.00. The highest BCUT2D eigenvalue weighted by molar-refractivity contribution is 5.85. The van der Waals surface area contributed by atoms with Crippen molar-refractivity contribution in [3.05, 3.63) is 30.0 Å². The average molecular weight is 416 g/mol. The molecule has 0 aliphatic rings. The molecule has 0 fully saturated rings. The number of benzene rings is 1. The van der Waals surface area contributed by atoms with E-state index in [0.29, 0.717) is 13.0 Å². The number of nitrogens with one attached hydrogen (secondary N) is 2. The van der Waals surface area contributed by atoms with E-state index < -0.39 is 0 Å². The van der Waals surface area contributed by atoms with Gasteiger partial charge in [-0.3, -0.25) is 9.59 Å². The number of fused-ring (bicyclic) bond motifs is 1. The molecule has 0 unspecified atom stereocenters. The SMILES string of the molecule is CCCCCCNC(=O)CCCCn1cc(CCNC(C)=O)c2cc(OC)ccc21. The molecule has 2 rings (SSSR count). The van der Waals surface area contributed by atoms with Crippen LogP contribution >= 0.6 is 0 Å². The second-order valence-corrected chi connectivity index (χ2v) is 7.83. The van der Waals surface area contributed by atoms with Gasteiger partial charge in [-0.1, -0.05) is 26.2 Å². The van der Waals surface area contributed by atoms with Gasteiger partial charge in [-0.05, 0) is 49.4 Å². The van der Waals surface area contributed by atoms with Gasteiger partial charge in [0.15, 0.2) is 0 Å². The molecule has 30 heavy (non-hydrogen) atoms. The Kier molecular flexibility index (Phi) is 10.3. The van der Waals surface area contributed by atoms with Crippen LogP contribution in [0.25, 0.3) is 10.9 Å². The zero-order valence-corrected chi connectivity index (χ0v) is 18.8. The summed E-state index contributed by atoms with van der Waals surface area (Å²) >= 11 is 0. The Balaban J connectivity index is 1.87. The molecule has 0 radical (unpaired) electrons. The molecule has 1 heterocycles. The smallest absolute Gasteiger partial charge is 0.219 e. The minimum atomic E-state index is -0.0139. The molecule has 0 aliphatic carbocycles. The van der Waals surface area contributed by atoms with Crippen LogP contribution in [0.3, 0.4) is 0 Å². The van der Waals surface area contributed by atoms with Crippen LogP contribution in [-0.4, -0.2) is 36.6 Å². The maximum Gasteiger partial charge on any atom is 0.219 e. The molecule has 166 valence electrons. The van der Waals surface area contributed by atoms with Crippen LogP contribution < -0.4 is 15.4 Å². The van der Waals surface area contributed by atoms with Gasteiger partial charge in [0.1, 0.15) is 5.75 Å². The number of hydrogen-bond acceptors (Lipinski definition) is 3. The maximum atomic E-state index is 12.0. The van der Waals surface area contributed by atoms with Crippen LogP contribution in [0.15, 0.2) is 24.4 Å². The number of hydrogen-bond donors (Lipinski definition) is 2. The van der Waals surface area contributed by atoms with Crippen LogP contribution in [-0.2, 0) is 22.6 Å². The number of nitrogens with zero attached hydrogens (tertiary/aromatic N) is 1. The average Bonchev–Trinajstić information content (AvgIpc) is 3.07. The predicted molar refractivity (Wildman–Crippen MR) is 122 cm³/mol. The number of methoxy groups -OCH3 is 1. The number of aromatic nitrogens is 1. The molecule has 2 amide bonds. The van der Waals surface area contributed by atoms with Gasteiger partial charge in [-0.2, -0.15) is 0 Å². The maximum absolute atomic E-state index is 12.0.